The molecule has 0 spiro atoms. The summed E-state index contributed by atoms with van der Waals surface area (Å²) in [6.45, 7) is 0. The van der Waals surface area contributed by atoms with Crippen molar-refractivity contribution in [3.8, 4) is 17.4 Å². The SMILES string of the molecule is COc1ccc(Oc2nc(SCc3ccc(Cl)cc3)nc3c2CCCC3)cc1. The van der Waals surface area contributed by atoms with Crippen molar-refractivity contribution >= 4 is 23.4 Å². The molecule has 28 heavy (non-hydrogen) atoms. The highest BCUT2D eigenvalue weighted by Crippen LogP contribution is 2.33. The standard InChI is InChI=1S/C22H21ClN2O2S/c1-26-17-10-12-18(13-11-17)27-21-19-4-2-3-5-20(19)24-22(25-21)28-14-15-6-8-16(23)9-7-15/h6-13H,2-5,14H2,1H3. The molecule has 0 saturated carbocycles. The van der Waals surface area contributed by atoms with Gasteiger partial charge < -0.3 is 9.47 Å². The fraction of sp³-hybridized carbons (Fsp3) is 0.273. The summed E-state index contributed by atoms with van der Waals surface area (Å²) in [5.41, 5.74) is 3.44. The third-order valence-corrected chi connectivity index (χ3v) is 5.85. The Morgan fingerprint density at radius 3 is 2.39 bits per heavy atom. The van der Waals surface area contributed by atoms with Gasteiger partial charge in [0.05, 0.1) is 12.8 Å². The molecule has 4 rings (SSSR count). The Balaban J connectivity index is 1.57. The predicted octanol–water partition coefficient (Wildman–Crippen LogP) is 6.10. The van der Waals surface area contributed by atoms with Gasteiger partial charge in [0.15, 0.2) is 5.16 Å². The van der Waals surface area contributed by atoms with E-state index in [1.807, 2.05) is 48.5 Å². The zero-order chi connectivity index (χ0) is 19.3. The van der Waals surface area contributed by atoms with Crippen molar-refractivity contribution in [1.29, 1.82) is 0 Å². The van der Waals surface area contributed by atoms with Crippen molar-refractivity contribution in [2.45, 2.75) is 36.6 Å². The van der Waals surface area contributed by atoms with Crippen molar-refractivity contribution in [2.24, 2.45) is 0 Å². The molecule has 1 heterocycles. The second-order valence-electron chi connectivity index (χ2n) is 6.64. The lowest BCUT2D eigenvalue weighted by Crippen LogP contribution is -2.10. The number of benzene rings is 2. The number of fused-ring (bicyclic) bond motifs is 1. The number of thioether (sulfide) groups is 1. The van der Waals surface area contributed by atoms with E-state index < -0.39 is 0 Å². The van der Waals surface area contributed by atoms with E-state index in [2.05, 4.69) is 0 Å². The molecule has 144 valence electrons. The molecule has 0 unspecified atom stereocenters. The van der Waals surface area contributed by atoms with Crippen molar-refractivity contribution in [1.82, 2.24) is 9.97 Å². The van der Waals surface area contributed by atoms with Crippen LogP contribution >= 0.6 is 23.4 Å². The normalized spacial score (nSPS) is 13.1. The van der Waals surface area contributed by atoms with Gasteiger partial charge >= 0.3 is 0 Å². The van der Waals surface area contributed by atoms with Crippen LogP contribution in [-0.2, 0) is 18.6 Å². The van der Waals surface area contributed by atoms with E-state index in [4.69, 9.17) is 31.0 Å². The lowest BCUT2D eigenvalue weighted by Gasteiger charge is -2.19. The molecule has 0 N–H and O–H groups in total. The summed E-state index contributed by atoms with van der Waals surface area (Å²) in [6.07, 6.45) is 4.24. The van der Waals surface area contributed by atoms with Crippen LogP contribution in [0.2, 0.25) is 5.02 Å². The van der Waals surface area contributed by atoms with Gasteiger partial charge in [0.25, 0.3) is 0 Å². The Bertz CT molecular complexity index is 946. The molecular formula is C22H21ClN2O2S. The zero-order valence-electron chi connectivity index (χ0n) is 15.7. The summed E-state index contributed by atoms with van der Waals surface area (Å²) in [5, 5.41) is 1.49. The molecule has 0 radical (unpaired) electrons. The fourth-order valence-electron chi connectivity index (χ4n) is 3.17. The Kier molecular flexibility index (Phi) is 6.03. The van der Waals surface area contributed by atoms with Gasteiger partial charge in [-0.3, -0.25) is 0 Å². The Morgan fingerprint density at radius 1 is 0.929 bits per heavy atom. The molecule has 6 heteroatoms. The molecule has 4 nitrogen and oxygen atoms in total. The lowest BCUT2D eigenvalue weighted by molar-refractivity contribution is 0.410. The minimum absolute atomic E-state index is 0.675. The first-order valence-corrected chi connectivity index (χ1v) is 10.7. The van der Waals surface area contributed by atoms with Crippen molar-refractivity contribution < 1.29 is 9.47 Å². The number of methoxy groups -OCH3 is 1. The highest BCUT2D eigenvalue weighted by molar-refractivity contribution is 7.98. The summed E-state index contributed by atoms with van der Waals surface area (Å²) in [5.74, 6) is 3.02. The molecule has 2 aromatic carbocycles. The van der Waals surface area contributed by atoms with Crippen LogP contribution in [0, 0.1) is 0 Å². The molecule has 0 fully saturated rings. The second kappa shape index (κ2) is 8.84. The number of aromatic nitrogens is 2. The molecule has 3 aromatic rings. The van der Waals surface area contributed by atoms with Crippen LogP contribution in [0.25, 0.3) is 0 Å². The summed E-state index contributed by atoms with van der Waals surface area (Å²) < 4.78 is 11.4. The van der Waals surface area contributed by atoms with Crippen LogP contribution in [0.15, 0.2) is 53.7 Å². The highest BCUT2D eigenvalue weighted by Gasteiger charge is 2.20. The third kappa shape index (κ3) is 4.59. The minimum atomic E-state index is 0.675. The summed E-state index contributed by atoms with van der Waals surface area (Å²) in [4.78, 5) is 9.53. The number of rotatable bonds is 6. The monoisotopic (exact) mass is 412 g/mol. The quantitative estimate of drug-likeness (QED) is 0.361. The topological polar surface area (TPSA) is 44.2 Å². The van der Waals surface area contributed by atoms with E-state index >= 15 is 0 Å². The smallest absolute Gasteiger partial charge is 0.226 e. The molecule has 1 aliphatic carbocycles. The van der Waals surface area contributed by atoms with Gasteiger partial charge in [-0.2, -0.15) is 4.98 Å². The number of aryl methyl sites for hydroxylation is 1. The molecule has 0 bridgehead atoms. The Morgan fingerprint density at radius 2 is 1.64 bits per heavy atom. The van der Waals surface area contributed by atoms with Gasteiger partial charge in [0, 0.05) is 16.3 Å². The van der Waals surface area contributed by atoms with Crippen LogP contribution in [-0.4, -0.2) is 17.1 Å². The Labute approximate surface area is 174 Å². The minimum Gasteiger partial charge on any atom is -0.497 e. The van der Waals surface area contributed by atoms with E-state index in [1.54, 1.807) is 18.9 Å². The number of hydrogen-bond acceptors (Lipinski definition) is 5. The molecule has 1 aliphatic rings. The van der Waals surface area contributed by atoms with Gasteiger partial charge in [-0.1, -0.05) is 35.5 Å². The number of halogens is 1. The van der Waals surface area contributed by atoms with Crippen LogP contribution in [0.5, 0.6) is 17.4 Å². The molecule has 1 aromatic heterocycles. The average molecular weight is 413 g/mol. The maximum Gasteiger partial charge on any atom is 0.226 e. The largest absolute Gasteiger partial charge is 0.497 e. The van der Waals surface area contributed by atoms with Crippen LogP contribution in [0.3, 0.4) is 0 Å². The van der Waals surface area contributed by atoms with Crippen molar-refractivity contribution in [2.75, 3.05) is 7.11 Å². The van der Waals surface area contributed by atoms with Crippen LogP contribution in [0.1, 0.15) is 29.7 Å². The van der Waals surface area contributed by atoms with Gasteiger partial charge in [0.2, 0.25) is 5.88 Å². The van der Waals surface area contributed by atoms with Crippen LogP contribution < -0.4 is 9.47 Å². The maximum absolute atomic E-state index is 6.15. The van der Waals surface area contributed by atoms with Gasteiger partial charge in [0.1, 0.15) is 11.5 Å². The summed E-state index contributed by atoms with van der Waals surface area (Å²) >= 11 is 7.59. The fourth-order valence-corrected chi connectivity index (χ4v) is 4.11. The van der Waals surface area contributed by atoms with E-state index in [9.17, 15) is 0 Å². The molecule has 0 aliphatic heterocycles. The highest BCUT2D eigenvalue weighted by atomic mass is 35.5. The van der Waals surface area contributed by atoms with Gasteiger partial charge in [-0.05, 0) is 67.6 Å². The second-order valence-corrected chi connectivity index (χ2v) is 8.02. The third-order valence-electron chi connectivity index (χ3n) is 4.68. The molecular weight excluding hydrogens is 392 g/mol. The first kappa shape index (κ1) is 19.1. The predicted molar refractivity (Wildman–Crippen MR) is 113 cm³/mol. The molecule has 0 amide bonds. The van der Waals surface area contributed by atoms with Crippen molar-refractivity contribution in [3.05, 3.63) is 70.4 Å². The van der Waals surface area contributed by atoms with Gasteiger partial charge in [-0.15, -0.1) is 0 Å². The van der Waals surface area contributed by atoms with E-state index in [1.165, 1.54) is 5.56 Å². The van der Waals surface area contributed by atoms with Crippen molar-refractivity contribution in [3.63, 3.8) is 0 Å². The first-order valence-electron chi connectivity index (χ1n) is 9.30. The number of nitrogens with zero attached hydrogens (tertiary/aromatic N) is 2. The van der Waals surface area contributed by atoms with Crippen LogP contribution in [0.4, 0.5) is 0 Å². The lowest BCUT2D eigenvalue weighted by atomic mass is 9.97. The summed E-state index contributed by atoms with van der Waals surface area (Å²) in [7, 11) is 1.65. The first-order chi connectivity index (χ1) is 13.7. The molecule has 0 saturated heterocycles. The van der Waals surface area contributed by atoms with E-state index in [-0.39, 0.29) is 0 Å². The average Bonchev–Trinajstić information content (AvgIpc) is 2.74. The Hall–Kier alpha value is -2.24. The molecule has 0 atom stereocenters. The maximum atomic E-state index is 6.15. The van der Waals surface area contributed by atoms with E-state index in [0.29, 0.717) is 5.88 Å². The summed E-state index contributed by atoms with van der Waals surface area (Å²) in [6, 6.07) is 15.4. The zero-order valence-corrected chi connectivity index (χ0v) is 17.2. The van der Waals surface area contributed by atoms with Gasteiger partial charge in [-0.25, -0.2) is 4.98 Å². The number of hydrogen-bond donors (Lipinski definition) is 0. The van der Waals surface area contributed by atoms with E-state index in [0.717, 1.165) is 64.4 Å². The number of ether oxygens (including phenoxy) is 2.